The monoisotopic (exact) mass is 422 g/mol. The summed E-state index contributed by atoms with van der Waals surface area (Å²) in [7, 11) is 3.10. The molecular weight excluding hydrogens is 396 g/mol. The molecule has 0 saturated carbocycles. The third-order valence-corrected chi connectivity index (χ3v) is 4.73. The molecule has 0 fully saturated rings. The molecule has 0 aliphatic heterocycles. The molecule has 2 amide bonds. The Bertz CT molecular complexity index is 1050. The van der Waals surface area contributed by atoms with Crippen LogP contribution in [-0.4, -0.2) is 57.6 Å². The van der Waals surface area contributed by atoms with Gasteiger partial charge in [0, 0.05) is 24.4 Å². The fourth-order valence-corrected chi connectivity index (χ4v) is 2.89. The first kappa shape index (κ1) is 21.9. The fourth-order valence-electron chi connectivity index (χ4n) is 2.89. The Morgan fingerprint density at radius 2 is 1.90 bits per heavy atom. The Morgan fingerprint density at radius 3 is 2.58 bits per heavy atom. The van der Waals surface area contributed by atoms with Crippen molar-refractivity contribution in [1.29, 1.82) is 0 Å². The SMILES string of the molecule is COc1cccc(NC(=O)CN(C)C(=O)Cn2nnc(-c3ccc(C(C)C)cc3)n2)c1. The number of hydrogen-bond donors (Lipinski definition) is 1. The van der Waals surface area contributed by atoms with E-state index in [4.69, 9.17) is 4.74 Å². The largest absolute Gasteiger partial charge is 0.497 e. The molecule has 0 bridgehead atoms. The number of amides is 2. The van der Waals surface area contributed by atoms with E-state index in [2.05, 4.69) is 34.6 Å². The van der Waals surface area contributed by atoms with Gasteiger partial charge in [0.1, 0.15) is 12.3 Å². The van der Waals surface area contributed by atoms with Gasteiger partial charge in [-0.15, -0.1) is 10.2 Å². The highest BCUT2D eigenvalue weighted by Crippen LogP contribution is 2.19. The third kappa shape index (κ3) is 5.88. The van der Waals surface area contributed by atoms with Crippen molar-refractivity contribution in [1.82, 2.24) is 25.1 Å². The first-order valence-electron chi connectivity index (χ1n) is 9.91. The van der Waals surface area contributed by atoms with Crippen LogP contribution in [0.3, 0.4) is 0 Å². The number of nitrogens with zero attached hydrogens (tertiary/aromatic N) is 5. The van der Waals surface area contributed by atoms with Crippen LogP contribution >= 0.6 is 0 Å². The highest BCUT2D eigenvalue weighted by atomic mass is 16.5. The number of nitrogens with one attached hydrogen (secondary N) is 1. The summed E-state index contributed by atoms with van der Waals surface area (Å²) in [4.78, 5) is 27.3. The van der Waals surface area contributed by atoms with Gasteiger partial charge in [0.15, 0.2) is 0 Å². The lowest BCUT2D eigenvalue weighted by molar-refractivity contribution is -0.134. The molecule has 0 saturated heterocycles. The molecule has 31 heavy (non-hydrogen) atoms. The van der Waals surface area contributed by atoms with Crippen LogP contribution in [0, 0.1) is 0 Å². The number of rotatable bonds is 8. The standard InChI is InChI=1S/C22H26N6O3/c1-15(2)16-8-10-17(11-9-16)22-24-26-28(25-22)14-21(30)27(3)13-20(29)23-18-6-5-7-19(12-18)31-4/h5-12,15H,13-14H2,1-4H3,(H,23,29). The summed E-state index contributed by atoms with van der Waals surface area (Å²) in [5.74, 6) is 0.893. The van der Waals surface area contributed by atoms with Crippen LogP contribution in [0.4, 0.5) is 5.69 Å². The Morgan fingerprint density at radius 1 is 1.16 bits per heavy atom. The van der Waals surface area contributed by atoms with Gasteiger partial charge < -0.3 is 15.0 Å². The lowest BCUT2D eigenvalue weighted by atomic mass is 10.0. The van der Waals surface area contributed by atoms with Gasteiger partial charge in [0.05, 0.1) is 13.7 Å². The predicted molar refractivity (Wildman–Crippen MR) is 117 cm³/mol. The van der Waals surface area contributed by atoms with Crippen molar-refractivity contribution >= 4 is 17.5 Å². The molecule has 0 aliphatic carbocycles. The molecule has 9 nitrogen and oxygen atoms in total. The van der Waals surface area contributed by atoms with E-state index in [1.165, 1.54) is 15.3 Å². The lowest BCUT2D eigenvalue weighted by Crippen LogP contribution is -2.37. The van der Waals surface area contributed by atoms with E-state index in [-0.39, 0.29) is 24.9 Å². The van der Waals surface area contributed by atoms with Gasteiger partial charge in [-0.3, -0.25) is 9.59 Å². The Kier molecular flexibility index (Phi) is 6.96. The highest BCUT2D eigenvalue weighted by Gasteiger charge is 2.16. The van der Waals surface area contributed by atoms with Crippen molar-refractivity contribution in [2.24, 2.45) is 0 Å². The van der Waals surface area contributed by atoms with Gasteiger partial charge in [-0.05, 0) is 28.8 Å². The van der Waals surface area contributed by atoms with Gasteiger partial charge >= 0.3 is 0 Å². The molecular formula is C22H26N6O3. The number of likely N-dealkylation sites (N-methyl/N-ethyl adjacent to an activating group) is 1. The molecule has 162 valence electrons. The number of anilines is 1. The van der Waals surface area contributed by atoms with Gasteiger partial charge in [-0.1, -0.05) is 44.2 Å². The zero-order valence-corrected chi connectivity index (χ0v) is 18.1. The first-order chi connectivity index (χ1) is 14.9. The molecule has 1 heterocycles. The molecule has 1 aromatic heterocycles. The molecule has 3 rings (SSSR count). The number of carbonyl (C=O) groups is 2. The number of tetrazole rings is 1. The van der Waals surface area contributed by atoms with Crippen LogP contribution in [0.25, 0.3) is 11.4 Å². The molecule has 0 radical (unpaired) electrons. The van der Waals surface area contributed by atoms with E-state index in [1.54, 1.807) is 38.4 Å². The Labute approximate surface area is 181 Å². The molecule has 1 N–H and O–H groups in total. The molecule has 2 aromatic carbocycles. The maximum absolute atomic E-state index is 12.5. The van der Waals surface area contributed by atoms with Crippen molar-refractivity contribution in [2.75, 3.05) is 26.0 Å². The number of methoxy groups -OCH3 is 1. The van der Waals surface area contributed by atoms with E-state index in [0.717, 1.165) is 5.56 Å². The van der Waals surface area contributed by atoms with Gasteiger partial charge in [0.25, 0.3) is 0 Å². The lowest BCUT2D eigenvalue weighted by Gasteiger charge is -2.16. The second kappa shape index (κ2) is 9.84. The van der Waals surface area contributed by atoms with Crippen molar-refractivity contribution in [3.8, 4) is 17.1 Å². The van der Waals surface area contributed by atoms with Crippen LogP contribution < -0.4 is 10.1 Å². The van der Waals surface area contributed by atoms with Crippen molar-refractivity contribution in [3.63, 3.8) is 0 Å². The smallest absolute Gasteiger partial charge is 0.246 e. The Hall–Kier alpha value is -3.75. The van der Waals surface area contributed by atoms with E-state index < -0.39 is 0 Å². The van der Waals surface area contributed by atoms with Crippen molar-refractivity contribution in [3.05, 3.63) is 54.1 Å². The first-order valence-corrected chi connectivity index (χ1v) is 9.91. The second-order valence-corrected chi connectivity index (χ2v) is 7.45. The maximum atomic E-state index is 12.5. The van der Waals surface area contributed by atoms with E-state index >= 15 is 0 Å². The van der Waals surface area contributed by atoms with E-state index in [0.29, 0.717) is 23.2 Å². The molecule has 9 heteroatoms. The van der Waals surface area contributed by atoms with Crippen molar-refractivity contribution in [2.45, 2.75) is 26.3 Å². The average molecular weight is 422 g/mol. The molecule has 0 atom stereocenters. The summed E-state index contributed by atoms with van der Waals surface area (Å²) in [5.41, 5.74) is 2.64. The average Bonchev–Trinajstić information content (AvgIpc) is 3.22. The van der Waals surface area contributed by atoms with Gasteiger partial charge in [-0.25, -0.2) is 0 Å². The topological polar surface area (TPSA) is 102 Å². The number of hydrogen-bond acceptors (Lipinski definition) is 6. The summed E-state index contributed by atoms with van der Waals surface area (Å²) in [6.07, 6.45) is 0. The summed E-state index contributed by atoms with van der Waals surface area (Å²) >= 11 is 0. The van der Waals surface area contributed by atoms with E-state index in [9.17, 15) is 9.59 Å². The van der Waals surface area contributed by atoms with Crippen LogP contribution in [0.15, 0.2) is 48.5 Å². The quantitative estimate of drug-likeness (QED) is 0.599. The number of aromatic nitrogens is 4. The summed E-state index contributed by atoms with van der Waals surface area (Å²) in [6, 6.07) is 14.9. The minimum Gasteiger partial charge on any atom is -0.497 e. The van der Waals surface area contributed by atoms with Crippen LogP contribution in [0.1, 0.15) is 25.3 Å². The fraction of sp³-hybridized carbons (Fsp3) is 0.318. The van der Waals surface area contributed by atoms with Gasteiger partial charge in [0.2, 0.25) is 17.6 Å². The zero-order chi connectivity index (χ0) is 22.4. The maximum Gasteiger partial charge on any atom is 0.246 e. The molecule has 0 unspecified atom stereocenters. The number of carbonyl (C=O) groups excluding carboxylic acids is 2. The minimum absolute atomic E-state index is 0.103. The summed E-state index contributed by atoms with van der Waals surface area (Å²) in [6.45, 7) is 4.04. The van der Waals surface area contributed by atoms with Gasteiger partial charge in [-0.2, -0.15) is 4.80 Å². The van der Waals surface area contributed by atoms with Crippen LogP contribution in [0.2, 0.25) is 0 Å². The summed E-state index contributed by atoms with van der Waals surface area (Å²) in [5, 5.41) is 15.0. The van der Waals surface area contributed by atoms with Crippen LogP contribution in [-0.2, 0) is 16.1 Å². The van der Waals surface area contributed by atoms with E-state index in [1.807, 2.05) is 24.3 Å². The van der Waals surface area contributed by atoms with Crippen LogP contribution in [0.5, 0.6) is 5.75 Å². The summed E-state index contributed by atoms with van der Waals surface area (Å²) < 4.78 is 5.13. The number of ether oxygens (including phenoxy) is 1. The number of benzene rings is 2. The second-order valence-electron chi connectivity index (χ2n) is 7.45. The molecule has 0 aliphatic rings. The molecule has 0 spiro atoms. The Balaban J connectivity index is 1.55. The highest BCUT2D eigenvalue weighted by molar-refractivity contribution is 5.94. The zero-order valence-electron chi connectivity index (χ0n) is 18.1. The normalized spacial score (nSPS) is 10.7. The minimum atomic E-state index is -0.318. The predicted octanol–water partition coefficient (Wildman–Crippen LogP) is 2.57. The molecule has 3 aromatic rings. The van der Waals surface area contributed by atoms with Crippen molar-refractivity contribution < 1.29 is 14.3 Å². The third-order valence-electron chi connectivity index (χ3n) is 4.73.